The molecule has 0 fully saturated rings. The molecule has 2 nitrogen and oxygen atoms in total. The van der Waals surface area contributed by atoms with Crippen LogP contribution in [0, 0.1) is 5.82 Å². The lowest BCUT2D eigenvalue weighted by molar-refractivity contribution is 0.628. The molecule has 0 radical (unpaired) electrons. The Hall–Kier alpha value is -1.48. The number of hydrogen-bond acceptors (Lipinski definition) is 2. The van der Waals surface area contributed by atoms with Gasteiger partial charge in [-0.15, -0.1) is 11.6 Å². The second kappa shape index (κ2) is 4.36. The molecular weight excluding hydrogens is 215 g/mol. The van der Waals surface area contributed by atoms with Crippen molar-refractivity contribution in [3.63, 3.8) is 0 Å². The Morgan fingerprint density at radius 2 is 2.07 bits per heavy atom. The van der Waals surface area contributed by atoms with E-state index in [-0.39, 0.29) is 5.82 Å². The average Bonchev–Trinajstić information content (AvgIpc) is 2.29. The lowest BCUT2D eigenvalue weighted by atomic mass is 10.1. The summed E-state index contributed by atoms with van der Waals surface area (Å²) in [5.74, 6) is 0.0481. The Morgan fingerprint density at radius 1 is 1.20 bits per heavy atom. The molecule has 0 bridgehead atoms. The second-order valence-electron chi connectivity index (χ2n) is 3.04. The van der Waals surface area contributed by atoms with E-state index in [1.54, 1.807) is 24.5 Å². The predicted octanol–water partition coefficient (Wildman–Crippen LogP) is 3.02. The highest BCUT2D eigenvalue weighted by atomic mass is 35.5. The van der Waals surface area contributed by atoms with Crippen molar-refractivity contribution >= 4 is 11.6 Å². The molecule has 1 aromatic heterocycles. The Kier molecular flexibility index (Phi) is 2.92. The van der Waals surface area contributed by atoms with Gasteiger partial charge < -0.3 is 0 Å². The van der Waals surface area contributed by atoms with Crippen LogP contribution in [0.5, 0.6) is 0 Å². The zero-order valence-corrected chi connectivity index (χ0v) is 8.58. The average molecular weight is 223 g/mol. The number of nitrogens with zero attached hydrogens (tertiary/aromatic N) is 2. The van der Waals surface area contributed by atoms with Gasteiger partial charge in [0.15, 0.2) is 0 Å². The number of halogens is 2. The van der Waals surface area contributed by atoms with Gasteiger partial charge in [-0.1, -0.05) is 12.1 Å². The van der Waals surface area contributed by atoms with E-state index in [1.165, 1.54) is 12.1 Å². The van der Waals surface area contributed by atoms with Crippen molar-refractivity contribution in [3.8, 4) is 11.3 Å². The summed E-state index contributed by atoms with van der Waals surface area (Å²) in [7, 11) is 0. The minimum atomic E-state index is -0.282. The van der Waals surface area contributed by atoms with Crippen molar-refractivity contribution in [1.29, 1.82) is 0 Å². The standard InChI is InChI=1S/C11H8ClFN2/c12-5-10-6-15-11(7-14-10)8-2-1-3-9(13)4-8/h1-4,6-7H,5H2. The summed E-state index contributed by atoms with van der Waals surface area (Å²) in [6.45, 7) is 0. The maximum atomic E-state index is 12.9. The first-order valence-corrected chi connectivity index (χ1v) is 4.96. The lowest BCUT2D eigenvalue weighted by Crippen LogP contribution is -1.90. The van der Waals surface area contributed by atoms with Gasteiger partial charge in [-0.25, -0.2) is 4.39 Å². The fourth-order valence-corrected chi connectivity index (χ4v) is 1.36. The van der Waals surface area contributed by atoms with Crippen molar-refractivity contribution in [3.05, 3.63) is 48.2 Å². The second-order valence-corrected chi connectivity index (χ2v) is 3.30. The van der Waals surface area contributed by atoms with Crippen LogP contribution in [0.2, 0.25) is 0 Å². The molecule has 0 saturated heterocycles. The number of rotatable bonds is 2. The Bertz CT molecular complexity index is 456. The van der Waals surface area contributed by atoms with Crippen molar-refractivity contribution in [1.82, 2.24) is 9.97 Å². The molecule has 76 valence electrons. The molecule has 2 aromatic rings. The summed E-state index contributed by atoms with van der Waals surface area (Å²) in [5.41, 5.74) is 2.06. The summed E-state index contributed by atoms with van der Waals surface area (Å²) in [6, 6.07) is 6.24. The lowest BCUT2D eigenvalue weighted by Gasteiger charge is -2.00. The molecule has 0 amide bonds. The SMILES string of the molecule is Fc1cccc(-c2cnc(CCl)cn2)c1. The summed E-state index contributed by atoms with van der Waals surface area (Å²) in [4.78, 5) is 8.23. The van der Waals surface area contributed by atoms with Crippen molar-refractivity contribution < 1.29 is 4.39 Å². The number of benzene rings is 1. The molecule has 0 aliphatic rings. The van der Waals surface area contributed by atoms with E-state index in [0.29, 0.717) is 22.8 Å². The molecule has 0 aliphatic carbocycles. The topological polar surface area (TPSA) is 25.8 Å². The van der Waals surface area contributed by atoms with Gasteiger partial charge in [0, 0.05) is 5.56 Å². The van der Waals surface area contributed by atoms with Gasteiger partial charge in [0.2, 0.25) is 0 Å². The van der Waals surface area contributed by atoms with Gasteiger partial charge in [-0.05, 0) is 12.1 Å². The molecule has 0 unspecified atom stereocenters. The maximum absolute atomic E-state index is 12.9. The van der Waals surface area contributed by atoms with Crippen molar-refractivity contribution in [2.45, 2.75) is 5.88 Å². The first kappa shape index (κ1) is 10.1. The van der Waals surface area contributed by atoms with Crippen LogP contribution in [0.15, 0.2) is 36.7 Å². The van der Waals surface area contributed by atoms with Crippen LogP contribution in [0.4, 0.5) is 4.39 Å². The van der Waals surface area contributed by atoms with E-state index in [9.17, 15) is 4.39 Å². The molecule has 0 aliphatic heterocycles. The third kappa shape index (κ3) is 2.30. The molecule has 4 heteroatoms. The maximum Gasteiger partial charge on any atom is 0.123 e. The molecule has 1 aromatic carbocycles. The van der Waals surface area contributed by atoms with Crippen LogP contribution in [0.25, 0.3) is 11.3 Å². The summed E-state index contributed by atoms with van der Waals surface area (Å²) in [5, 5.41) is 0. The smallest absolute Gasteiger partial charge is 0.123 e. The van der Waals surface area contributed by atoms with E-state index in [1.807, 2.05) is 0 Å². The summed E-state index contributed by atoms with van der Waals surface area (Å²) < 4.78 is 12.9. The van der Waals surface area contributed by atoms with Crippen LogP contribution >= 0.6 is 11.6 Å². The third-order valence-corrected chi connectivity index (χ3v) is 2.24. The van der Waals surface area contributed by atoms with E-state index >= 15 is 0 Å². The van der Waals surface area contributed by atoms with Crippen LogP contribution in [0.3, 0.4) is 0 Å². The molecule has 0 atom stereocenters. The zero-order chi connectivity index (χ0) is 10.7. The highest BCUT2D eigenvalue weighted by Crippen LogP contribution is 2.16. The zero-order valence-electron chi connectivity index (χ0n) is 7.82. The van der Waals surface area contributed by atoms with Crippen molar-refractivity contribution in [2.75, 3.05) is 0 Å². The van der Waals surface area contributed by atoms with Gasteiger partial charge in [0.25, 0.3) is 0 Å². The van der Waals surface area contributed by atoms with E-state index in [2.05, 4.69) is 9.97 Å². The Morgan fingerprint density at radius 3 is 2.67 bits per heavy atom. The highest BCUT2D eigenvalue weighted by Gasteiger charge is 2.01. The number of hydrogen-bond donors (Lipinski definition) is 0. The third-order valence-electron chi connectivity index (χ3n) is 1.96. The molecule has 1 heterocycles. The first-order valence-electron chi connectivity index (χ1n) is 4.42. The molecule has 0 saturated carbocycles. The minimum absolute atomic E-state index is 0.282. The van der Waals surface area contributed by atoms with Gasteiger partial charge in [-0.3, -0.25) is 9.97 Å². The Labute approximate surface area is 91.8 Å². The van der Waals surface area contributed by atoms with Crippen LogP contribution in [-0.4, -0.2) is 9.97 Å². The van der Waals surface area contributed by atoms with Gasteiger partial charge in [0.1, 0.15) is 5.82 Å². The number of aromatic nitrogens is 2. The van der Waals surface area contributed by atoms with Gasteiger partial charge >= 0.3 is 0 Å². The monoisotopic (exact) mass is 222 g/mol. The minimum Gasteiger partial charge on any atom is -0.256 e. The summed E-state index contributed by atoms with van der Waals surface area (Å²) in [6.07, 6.45) is 3.18. The molecule has 0 N–H and O–H groups in total. The quantitative estimate of drug-likeness (QED) is 0.730. The fraction of sp³-hybridized carbons (Fsp3) is 0.0909. The van der Waals surface area contributed by atoms with E-state index < -0.39 is 0 Å². The largest absolute Gasteiger partial charge is 0.256 e. The van der Waals surface area contributed by atoms with E-state index in [4.69, 9.17) is 11.6 Å². The van der Waals surface area contributed by atoms with Crippen LogP contribution < -0.4 is 0 Å². The fourth-order valence-electron chi connectivity index (χ4n) is 1.22. The molecule has 15 heavy (non-hydrogen) atoms. The molecule has 2 rings (SSSR count). The van der Waals surface area contributed by atoms with Gasteiger partial charge in [0.05, 0.1) is 29.7 Å². The Balaban J connectivity index is 2.37. The van der Waals surface area contributed by atoms with E-state index in [0.717, 1.165) is 0 Å². The van der Waals surface area contributed by atoms with Crippen molar-refractivity contribution in [2.24, 2.45) is 0 Å². The molecular formula is C11H8ClFN2. The summed E-state index contributed by atoms with van der Waals surface area (Å²) >= 11 is 5.59. The molecule has 0 spiro atoms. The first-order chi connectivity index (χ1) is 7.29. The number of alkyl halides is 1. The normalized spacial score (nSPS) is 10.3. The van der Waals surface area contributed by atoms with Gasteiger partial charge in [-0.2, -0.15) is 0 Å². The highest BCUT2D eigenvalue weighted by molar-refractivity contribution is 6.16. The van der Waals surface area contributed by atoms with Crippen LogP contribution in [0.1, 0.15) is 5.69 Å². The van der Waals surface area contributed by atoms with Crippen LogP contribution in [-0.2, 0) is 5.88 Å². The predicted molar refractivity (Wildman–Crippen MR) is 57.0 cm³/mol.